The molecule has 0 radical (unpaired) electrons. The molecule has 1 aliphatic heterocycles. The van der Waals surface area contributed by atoms with E-state index in [-0.39, 0.29) is 11.4 Å². The van der Waals surface area contributed by atoms with E-state index in [0.717, 1.165) is 38.3 Å². The summed E-state index contributed by atoms with van der Waals surface area (Å²) < 4.78 is 0. The van der Waals surface area contributed by atoms with E-state index in [9.17, 15) is 10.1 Å². The maximum absolute atomic E-state index is 12.1. The number of nitriles is 1. The number of likely N-dealkylation sites (tertiary alicyclic amines) is 1. The second-order valence-corrected chi connectivity index (χ2v) is 8.11. The Morgan fingerprint density at radius 2 is 1.77 bits per heavy atom. The van der Waals surface area contributed by atoms with Crippen molar-refractivity contribution >= 4 is 6.03 Å². The maximum Gasteiger partial charge on any atom is 0.319 e. The van der Waals surface area contributed by atoms with Crippen molar-refractivity contribution in [3.63, 3.8) is 0 Å². The van der Waals surface area contributed by atoms with Crippen LogP contribution in [0.25, 0.3) is 0 Å². The third-order valence-electron chi connectivity index (χ3n) is 6.18. The van der Waals surface area contributed by atoms with Gasteiger partial charge < -0.3 is 9.80 Å². The minimum absolute atomic E-state index is 0.0927. The summed E-state index contributed by atoms with van der Waals surface area (Å²) in [5, 5.41) is 9.83. The lowest BCUT2D eigenvalue weighted by atomic mass is 9.73. The molecule has 1 unspecified atom stereocenters. The van der Waals surface area contributed by atoms with Crippen molar-refractivity contribution in [2.45, 2.75) is 51.4 Å². The molecule has 0 N–H and O–H groups in total. The standard InChI is InChI=1S/C18H29N3O/c1-20(2)17(22)21-11-15-9-18(13-19,10-16(15)12-21)8-14-6-4-3-5-7-14/h14-16H,3-12H2,1-2H3/t15-,16+,18?. The first-order chi connectivity index (χ1) is 10.5. The van der Waals surface area contributed by atoms with Crippen LogP contribution in [0.1, 0.15) is 51.4 Å². The average molecular weight is 303 g/mol. The van der Waals surface area contributed by atoms with Crippen LogP contribution in [-0.2, 0) is 0 Å². The Balaban J connectivity index is 1.60. The summed E-state index contributed by atoms with van der Waals surface area (Å²) in [5.74, 6) is 1.87. The molecule has 4 heteroatoms. The van der Waals surface area contributed by atoms with Crippen molar-refractivity contribution in [2.24, 2.45) is 23.2 Å². The van der Waals surface area contributed by atoms with Gasteiger partial charge in [-0.1, -0.05) is 32.1 Å². The van der Waals surface area contributed by atoms with Crippen molar-refractivity contribution in [3.8, 4) is 6.07 Å². The predicted octanol–water partition coefficient (Wildman–Crippen LogP) is 3.49. The number of urea groups is 1. The second-order valence-electron chi connectivity index (χ2n) is 8.11. The molecule has 0 spiro atoms. The number of hydrogen-bond donors (Lipinski definition) is 0. The molecule has 3 rings (SSSR count). The molecule has 122 valence electrons. The van der Waals surface area contributed by atoms with E-state index in [1.54, 1.807) is 4.90 Å². The zero-order valence-corrected chi connectivity index (χ0v) is 14.1. The van der Waals surface area contributed by atoms with Gasteiger partial charge >= 0.3 is 6.03 Å². The van der Waals surface area contributed by atoms with Gasteiger partial charge in [0.1, 0.15) is 0 Å². The van der Waals surface area contributed by atoms with Gasteiger partial charge in [0, 0.05) is 27.2 Å². The first-order valence-corrected chi connectivity index (χ1v) is 8.90. The SMILES string of the molecule is CN(C)C(=O)N1C[C@@H]2CC(C#N)(CC3CCCCC3)C[C@@H]2C1. The highest BCUT2D eigenvalue weighted by Crippen LogP contribution is 2.53. The molecular formula is C18H29N3O. The summed E-state index contributed by atoms with van der Waals surface area (Å²) in [4.78, 5) is 15.8. The quantitative estimate of drug-likeness (QED) is 0.784. The molecule has 1 saturated heterocycles. The van der Waals surface area contributed by atoms with E-state index in [0.29, 0.717) is 11.8 Å². The fourth-order valence-corrected chi connectivity index (χ4v) is 5.17. The fraction of sp³-hybridized carbons (Fsp3) is 0.889. The highest BCUT2D eigenvalue weighted by atomic mass is 16.2. The predicted molar refractivity (Wildman–Crippen MR) is 86.1 cm³/mol. The summed E-state index contributed by atoms with van der Waals surface area (Å²) in [6.07, 6.45) is 9.87. The van der Waals surface area contributed by atoms with E-state index in [1.165, 1.54) is 32.1 Å². The number of hydrogen-bond acceptors (Lipinski definition) is 2. The van der Waals surface area contributed by atoms with Gasteiger partial charge in [-0.25, -0.2) is 4.79 Å². The molecular weight excluding hydrogens is 274 g/mol. The van der Waals surface area contributed by atoms with Crippen LogP contribution < -0.4 is 0 Å². The van der Waals surface area contributed by atoms with Gasteiger partial charge in [-0.2, -0.15) is 5.26 Å². The number of fused-ring (bicyclic) bond motifs is 1. The molecule has 0 aromatic heterocycles. The Morgan fingerprint density at radius 3 is 2.27 bits per heavy atom. The molecule has 2 aliphatic carbocycles. The lowest BCUT2D eigenvalue weighted by Gasteiger charge is -2.31. The molecule has 3 fully saturated rings. The van der Waals surface area contributed by atoms with Gasteiger partial charge in [0.2, 0.25) is 0 Å². The van der Waals surface area contributed by atoms with Gasteiger partial charge in [0.05, 0.1) is 11.5 Å². The summed E-state index contributed by atoms with van der Waals surface area (Å²) in [7, 11) is 3.64. The smallest absolute Gasteiger partial charge is 0.319 e. The van der Waals surface area contributed by atoms with Gasteiger partial charge in [0.25, 0.3) is 0 Å². The molecule has 2 amide bonds. The van der Waals surface area contributed by atoms with Gasteiger partial charge in [0.15, 0.2) is 0 Å². The summed E-state index contributed by atoms with van der Waals surface area (Å²) in [5.41, 5.74) is -0.0927. The normalized spacial score (nSPS) is 35.2. The van der Waals surface area contributed by atoms with Gasteiger partial charge in [-0.05, 0) is 37.0 Å². The molecule has 22 heavy (non-hydrogen) atoms. The zero-order valence-electron chi connectivity index (χ0n) is 14.1. The summed E-state index contributed by atoms with van der Waals surface area (Å²) >= 11 is 0. The van der Waals surface area contributed by atoms with Crippen LogP contribution in [-0.4, -0.2) is 43.0 Å². The number of nitrogens with zero attached hydrogens (tertiary/aromatic N) is 3. The highest BCUT2D eigenvalue weighted by Gasteiger charge is 2.50. The number of amides is 2. The van der Waals surface area contributed by atoms with Crippen LogP contribution in [0.4, 0.5) is 4.79 Å². The lowest BCUT2D eigenvalue weighted by molar-refractivity contribution is 0.171. The Labute approximate surface area is 134 Å². The van der Waals surface area contributed by atoms with Crippen LogP contribution in [0.15, 0.2) is 0 Å². The third-order valence-corrected chi connectivity index (χ3v) is 6.18. The third kappa shape index (κ3) is 2.95. The first-order valence-electron chi connectivity index (χ1n) is 8.90. The van der Waals surface area contributed by atoms with E-state index >= 15 is 0 Å². The molecule has 1 heterocycles. The molecule has 0 aromatic carbocycles. The van der Waals surface area contributed by atoms with Gasteiger partial charge in [-0.15, -0.1) is 0 Å². The van der Waals surface area contributed by atoms with Crippen LogP contribution in [0.5, 0.6) is 0 Å². The maximum atomic E-state index is 12.1. The highest BCUT2D eigenvalue weighted by molar-refractivity contribution is 5.74. The fourth-order valence-electron chi connectivity index (χ4n) is 5.17. The molecule has 0 aromatic rings. The molecule has 4 nitrogen and oxygen atoms in total. The second kappa shape index (κ2) is 6.10. The number of carbonyl (C=O) groups excluding carboxylic acids is 1. The van der Waals surface area contributed by atoms with E-state index < -0.39 is 0 Å². The monoisotopic (exact) mass is 303 g/mol. The van der Waals surface area contributed by atoms with E-state index in [1.807, 2.05) is 19.0 Å². The van der Waals surface area contributed by atoms with Crippen LogP contribution >= 0.6 is 0 Å². The minimum Gasteiger partial charge on any atom is -0.331 e. The zero-order chi connectivity index (χ0) is 15.7. The topological polar surface area (TPSA) is 47.3 Å². The van der Waals surface area contributed by atoms with E-state index in [2.05, 4.69) is 6.07 Å². The van der Waals surface area contributed by atoms with Crippen LogP contribution in [0.3, 0.4) is 0 Å². The minimum atomic E-state index is -0.0927. The Morgan fingerprint density at radius 1 is 1.18 bits per heavy atom. The Kier molecular flexibility index (Phi) is 4.34. The first kappa shape index (κ1) is 15.6. The summed E-state index contributed by atoms with van der Waals surface area (Å²) in [6.45, 7) is 1.71. The largest absolute Gasteiger partial charge is 0.331 e. The molecule has 3 atom stereocenters. The van der Waals surface area contributed by atoms with Crippen molar-refractivity contribution in [2.75, 3.05) is 27.2 Å². The average Bonchev–Trinajstić information content (AvgIpc) is 3.03. The molecule has 2 saturated carbocycles. The lowest BCUT2D eigenvalue weighted by Crippen LogP contribution is -2.38. The molecule has 3 aliphatic rings. The van der Waals surface area contributed by atoms with Crippen molar-refractivity contribution in [1.29, 1.82) is 5.26 Å². The van der Waals surface area contributed by atoms with Crippen LogP contribution in [0.2, 0.25) is 0 Å². The Bertz CT molecular complexity index is 447. The van der Waals surface area contributed by atoms with Crippen molar-refractivity contribution in [3.05, 3.63) is 0 Å². The Hall–Kier alpha value is -1.24. The van der Waals surface area contributed by atoms with Crippen molar-refractivity contribution < 1.29 is 4.79 Å². The number of rotatable bonds is 2. The van der Waals surface area contributed by atoms with Crippen molar-refractivity contribution in [1.82, 2.24) is 9.80 Å². The van der Waals surface area contributed by atoms with E-state index in [4.69, 9.17) is 0 Å². The summed E-state index contributed by atoms with van der Waals surface area (Å²) in [6, 6.07) is 2.84. The molecule has 0 bridgehead atoms. The van der Waals surface area contributed by atoms with Gasteiger partial charge in [-0.3, -0.25) is 0 Å². The number of carbonyl (C=O) groups is 1. The van der Waals surface area contributed by atoms with Crippen LogP contribution in [0, 0.1) is 34.5 Å².